The number of hydrogen-bond acceptors (Lipinski definition) is 4. The number of carbonyl (C=O) groups is 1. The summed E-state index contributed by atoms with van der Waals surface area (Å²) in [5.41, 5.74) is 0. The van der Waals surface area contributed by atoms with E-state index >= 15 is 0 Å². The maximum Gasteiger partial charge on any atom is 0.244 e. The van der Waals surface area contributed by atoms with Gasteiger partial charge in [-0.05, 0) is 19.8 Å². The maximum absolute atomic E-state index is 11.9. The summed E-state index contributed by atoms with van der Waals surface area (Å²) in [6, 6.07) is -0.367. The smallest absolute Gasteiger partial charge is 0.244 e. The molecular weight excluding hydrogens is 232 g/mol. The molecule has 6 heteroatoms. The lowest BCUT2D eigenvalue weighted by Gasteiger charge is -2.28. The van der Waals surface area contributed by atoms with Gasteiger partial charge in [-0.15, -0.1) is 0 Å². The summed E-state index contributed by atoms with van der Waals surface area (Å²) in [7, 11) is 0. The molecule has 0 radical (unpaired) electrons. The molecule has 3 unspecified atom stereocenters. The van der Waals surface area contributed by atoms with Crippen LogP contribution in [0.2, 0.25) is 0 Å². The highest BCUT2D eigenvalue weighted by molar-refractivity contribution is 5.79. The van der Waals surface area contributed by atoms with E-state index in [2.05, 4.69) is 15.4 Å². The molecule has 1 heterocycles. The van der Waals surface area contributed by atoms with Gasteiger partial charge in [0.15, 0.2) is 0 Å². The first-order valence-electron chi connectivity index (χ1n) is 6.48. The van der Waals surface area contributed by atoms with Gasteiger partial charge in [0.2, 0.25) is 5.91 Å². The van der Waals surface area contributed by atoms with E-state index in [4.69, 9.17) is 0 Å². The Hall–Kier alpha value is -1.43. The van der Waals surface area contributed by atoms with Gasteiger partial charge in [-0.1, -0.05) is 12.8 Å². The Balaban J connectivity index is 1.81. The van der Waals surface area contributed by atoms with Crippen molar-refractivity contribution in [3.63, 3.8) is 0 Å². The van der Waals surface area contributed by atoms with E-state index in [-0.39, 0.29) is 24.0 Å². The Kier molecular flexibility index (Phi) is 4.30. The molecule has 1 aliphatic rings. The molecule has 1 fully saturated rings. The van der Waals surface area contributed by atoms with E-state index in [0.29, 0.717) is 6.54 Å². The highest BCUT2D eigenvalue weighted by Crippen LogP contribution is 2.23. The summed E-state index contributed by atoms with van der Waals surface area (Å²) in [6.45, 7) is 2.32. The van der Waals surface area contributed by atoms with Gasteiger partial charge >= 0.3 is 0 Å². The summed E-state index contributed by atoms with van der Waals surface area (Å²) in [6.07, 6.45) is 6.71. The largest absolute Gasteiger partial charge is 0.393 e. The van der Waals surface area contributed by atoms with Gasteiger partial charge in [0, 0.05) is 12.5 Å². The molecule has 0 saturated heterocycles. The van der Waals surface area contributed by atoms with Crippen LogP contribution < -0.4 is 5.32 Å². The predicted octanol–water partition coefficient (Wildman–Crippen LogP) is 0.506. The summed E-state index contributed by atoms with van der Waals surface area (Å²) in [4.78, 5) is 15.7. The normalized spacial score (nSPS) is 25.7. The molecule has 100 valence electrons. The minimum atomic E-state index is -0.367. The predicted molar refractivity (Wildman–Crippen MR) is 65.7 cm³/mol. The molecule has 18 heavy (non-hydrogen) atoms. The van der Waals surface area contributed by atoms with Gasteiger partial charge in [0.25, 0.3) is 0 Å². The minimum absolute atomic E-state index is 0.0849. The molecule has 0 aliphatic heterocycles. The number of rotatable bonds is 4. The lowest BCUT2D eigenvalue weighted by Crippen LogP contribution is -2.39. The van der Waals surface area contributed by atoms with Crippen LogP contribution in [0.25, 0.3) is 0 Å². The number of nitrogens with zero attached hydrogens (tertiary/aromatic N) is 3. The van der Waals surface area contributed by atoms with E-state index in [0.717, 1.165) is 25.7 Å². The summed E-state index contributed by atoms with van der Waals surface area (Å²) < 4.78 is 1.52. The number of aliphatic hydroxyl groups excluding tert-OH is 1. The van der Waals surface area contributed by atoms with E-state index in [1.807, 2.05) is 0 Å². The van der Waals surface area contributed by atoms with Crippen molar-refractivity contribution in [1.29, 1.82) is 0 Å². The number of aliphatic hydroxyl groups is 1. The molecule has 1 amide bonds. The van der Waals surface area contributed by atoms with Crippen molar-refractivity contribution >= 4 is 5.91 Å². The molecule has 0 bridgehead atoms. The molecule has 3 atom stereocenters. The molecule has 1 aromatic heterocycles. The van der Waals surface area contributed by atoms with Crippen molar-refractivity contribution in [3.05, 3.63) is 12.7 Å². The van der Waals surface area contributed by atoms with Crippen LogP contribution in [0.1, 0.15) is 38.6 Å². The zero-order chi connectivity index (χ0) is 13.0. The van der Waals surface area contributed by atoms with Crippen LogP contribution in [0, 0.1) is 5.92 Å². The lowest BCUT2D eigenvalue weighted by atomic mass is 9.86. The second kappa shape index (κ2) is 5.95. The number of hydrogen-bond donors (Lipinski definition) is 2. The summed E-state index contributed by atoms with van der Waals surface area (Å²) >= 11 is 0. The van der Waals surface area contributed by atoms with Crippen molar-refractivity contribution in [2.45, 2.75) is 44.8 Å². The van der Waals surface area contributed by atoms with Crippen LogP contribution in [-0.4, -0.2) is 38.4 Å². The Labute approximate surface area is 106 Å². The topological polar surface area (TPSA) is 80.0 Å². The second-order valence-corrected chi connectivity index (χ2v) is 4.91. The van der Waals surface area contributed by atoms with Crippen LogP contribution in [0.4, 0.5) is 0 Å². The van der Waals surface area contributed by atoms with E-state index < -0.39 is 0 Å². The van der Waals surface area contributed by atoms with Gasteiger partial charge < -0.3 is 10.4 Å². The molecule has 2 N–H and O–H groups in total. The SMILES string of the molecule is CC(C(=O)NCC1CCCCC1O)n1cncn1. The fourth-order valence-electron chi connectivity index (χ4n) is 2.34. The molecule has 1 aromatic rings. The van der Waals surface area contributed by atoms with Gasteiger partial charge in [0.1, 0.15) is 18.7 Å². The van der Waals surface area contributed by atoms with E-state index in [1.165, 1.54) is 17.3 Å². The quantitative estimate of drug-likeness (QED) is 0.818. The standard InChI is InChI=1S/C12H20N4O2/c1-9(16-8-13-7-15-16)12(18)14-6-10-4-2-3-5-11(10)17/h7-11,17H,2-6H2,1H3,(H,14,18). The van der Waals surface area contributed by atoms with E-state index in [1.54, 1.807) is 6.92 Å². The molecule has 6 nitrogen and oxygen atoms in total. The Bertz CT molecular complexity index is 379. The highest BCUT2D eigenvalue weighted by atomic mass is 16.3. The van der Waals surface area contributed by atoms with Gasteiger partial charge in [-0.2, -0.15) is 5.10 Å². The average Bonchev–Trinajstić information content (AvgIpc) is 2.90. The number of amides is 1. The van der Waals surface area contributed by atoms with Crippen molar-refractivity contribution < 1.29 is 9.90 Å². The van der Waals surface area contributed by atoms with Crippen LogP contribution in [0.5, 0.6) is 0 Å². The monoisotopic (exact) mass is 252 g/mol. The third-order valence-corrected chi connectivity index (χ3v) is 3.62. The maximum atomic E-state index is 11.9. The van der Waals surface area contributed by atoms with Crippen molar-refractivity contribution in [2.24, 2.45) is 5.92 Å². The number of nitrogens with one attached hydrogen (secondary N) is 1. The fraction of sp³-hybridized carbons (Fsp3) is 0.750. The zero-order valence-electron chi connectivity index (χ0n) is 10.6. The van der Waals surface area contributed by atoms with Crippen molar-refractivity contribution in [3.8, 4) is 0 Å². The molecule has 0 spiro atoms. The van der Waals surface area contributed by atoms with Crippen molar-refractivity contribution in [2.75, 3.05) is 6.54 Å². The zero-order valence-corrected chi connectivity index (χ0v) is 10.6. The van der Waals surface area contributed by atoms with Crippen LogP contribution in [0.3, 0.4) is 0 Å². The average molecular weight is 252 g/mol. The van der Waals surface area contributed by atoms with Gasteiger partial charge in [-0.3, -0.25) is 4.79 Å². The summed E-state index contributed by atoms with van der Waals surface area (Å²) in [5, 5.41) is 16.7. The molecular formula is C12H20N4O2. The third-order valence-electron chi connectivity index (χ3n) is 3.62. The minimum Gasteiger partial charge on any atom is -0.393 e. The van der Waals surface area contributed by atoms with Gasteiger partial charge in [-0.25, -0.2) is 9.67 Å². The van der Waals surface area contributed by atoms with Crippen LogP contribution >= 0.6 is 0 Å². The van der Waals surface area contributed by atoms with Crippen LogP contribution in [0.15, 0.2) is 12.7 Å². The first kappa shape index (κ1) is 13.0. The number of carbonyl (C=O) groups excluding carboxylic acids is 1. The number of aromatic nitrogens is 3. The Morgan fingerprint density at radius 1 is 1.56 bits per heavy atom. The first-order valence-corrected chi connectivity index (χ1v) is 6.48. The summed E-state index contributed by atoms with van der Waals surface area (Å²) in [5.74, 6) is 0.101. The van der Waals surface area contributed by atoms with E-state index in [9.17, 15) is 9.90 Å². The molecule has 0 aromatic carbocycles. The lowest BCUT2D eigenvalue weighted by molar-refractivity contribution is -0.124. The second-order valence-electron chi connectivity index (χ2n) is 4.91. The molecule has 2 rings (SSSR count). The molecule has 1 saturated carbocycles. The first-order chi connectivity index (χ1) is 8.68. The Morgan fingerprint density at radius 2 is 2.33 bits per heavy atom. The fourth-order valence-corrected chi connectivity index (χ4v) is 2.34. The highest BCUT2D eigenvalue weighted by Gasteiger charge is 2.24. The third kappa shape index (κ3) is 3.07. The molecule has 1 aliphatic carbocycles. The van der Waals surface area contributed by atoms with Gasteiger partial charge in [0.05, 0.1) is 6.10 Å². The van der Waals surface area contributed by atoms with Crippen LogP contribution in [-0.2, 0) is 4.79 Å². The van der Waals surface area contributed by atoms with Crippen molar-refractivity contribution in [1.82, 2.24) is 20.1 Å². The Morgan fingerprint density at radius 3 is 3.00 bits per heavy atom.